The van der Waals surface area contributed by atoms with E-state index in [0.29, 0.717) is 0 Å². The number of aromatic nitrogens is 2. The smallest absolute Gasteiger partial charge is 0.0659 e. The summed E-state index contributed by atoms with van der Waals surface area (Å²) in [5.41, 5.74) is 2.47. The molecule has 0 spiro atoms. The van der Waals surface area contributed by atoms with Crippen molar-refractivity contribution < 1.29 is 0 Å². The number of nitrogens with zero attached hydrogens (tertiary/aromatic N) is 2. The van der Waals surface area contributed by atoms with Crippen LogP contribution < -0.4 is 5.32 Å². The Morgan fingerprint density at radius 2 is 2.24 bits per heavy atom. The lowest BCUT2D eigenvalue weighted by molar-refractivity contribution is 0.682. The van der Waals surface area contributed by atoms with Gasteiger partial charge in [-0.1, -0.05) is 35.0 Å². The van der Waals surface area contributed by atoms with Gasteiger partial charge in [0.1, 0.15) is 0 Å². The van der Waals surface area contributed by atoms with Gasteiger partial charge < -0.3 is 5.32 Å². The first-order chi connectivity index (χ1) is 8.28. The Morgan fingerprint density at radius 1 is 1.35 bits per heavy atom. The molecule has 0 atom stereocenters. The van der Waals surface area contributed by atoms with Crippen LogP contribution in [0.2, 0.25) is 0 Å². The molecule has 0 saturated heterocycles. The van der Waals surface area contributed by atoms with Gasteiger partial charge in [0.25, 0.3) is 0 Å². The van der Waals surface area contributed by atoms with Crippen molar-refractivity contribution >= 4 is 15.9 Å². The molecule has 0 radical (unpaired) electrons. The third-order valence-electron chi connectivity index (χ3n) is 2.50. The van der Waals surface area contributed by atoms with E-state index < -0.39 is 0 Å². The van der Waals surface area contributed by atoms with Gasteiger partial charge in [0.05, 0.1) is 12.7 Å². The molecule has 2 aromatic rings. The first-order valence-electron chi connectivity index (χ1n) is 5.74. The van der Waals surface area contributed by atoms with Gasteiger partial charge in [0.2, 0.25) is 0 Å². The number of hydrogen-bond donors (Lipinski definition) is 1. The van der Waals surface area contributed by atoms with Gasteiger partial charge in [0.15, 0.2) is 0 Å². The summed E-state index contributed by atoms with van der Waals surface area (Å²) in [4.78, 5) is 0. The number of halogens is 1. The third-order valence-corrected chi connectivity index (χ3v) is 2.99. The highest BCUT2D eigenvalue weighted by molar-refractivity contribution is 9.10. The molecule has 0 bridgehead atoms. The van der Waals surface area contributed by atoms with Crippen LogP contribution >= 0.6 is 15.9 Å². The molecule has 3 nitrogen and oxygen atoms in total. The number of hydrogen-bond acceptors (Lipinski definition) is 2. The number of benzene rings is 1. The van der Waals surface area contributed by atoms with Gasteiger partial charge in [-0.3, -0.25) is 4.68 Å². The van der Waals surface area contributed by atoms with Gasteiger partial charge in [-0.05, 0) is 24.2 Å². The van der Waals surface area contributed by atoms with E-state index in [-0.39, 0.29) is 0 Å². The van der Waals surface area contributed by atoms with E-state index in [1.807, 2.05) is 23.0 Å². The Labute approximate surface area is 110 Å². The standard InChI is InChI=1S/C13H16BrN3/c1-2-15-7-12-8-16-17(10-12)9-11-4-3-5-13(14)6-11/h3-6,8,10,15H,2,7,9H2,1H3. The van der Waals surface area contributed by atoms with E-state index in [4.69, 9.17) is 0 Å². The maximum atomic E-state index is 4.36. The van der Waals surface area contributed by atoms with Crippen molar-refractivity contribution in [2.75, 3.05) is 6.54 Å². The van der Waals surface area contributed by atoms with Crippen LogP contribution in [0.15, 0.2) is 41.1 Å². The lowest BCUT2D eigenvalue weighted by atomic mass is 10.2. The fraction of sp³-hybridized carbons (Fsp3) is 0.308. The molecular weight excluding hydrogens is 278 g/mol. The van der Waals surface area contributed by atoms with E-state index in [9.17, 15) is 0 Å². The monoisotopic (exact) mass is 293 g/mol. The maximum absolute atomic E-state index is 4.36. The first kappa shape index (κ1) is 12.3. The minimum Gasteiger partial charge on any atom is -0.313 e. The summed E-state index contributed by atoms with van der Waals surface area (Å²) in [7, 11) is 0. The van der Waals surface area contributed by atoms with Crippen molar-refractivity contribution in [3.05, 3.63) is 52.3 Å². The van der Waals surface area contributed by atoms with Crippen LogP contribution in [0.25, 0.3) is 0 Å². The van der Waals surface area contributed by atoms with Crippen LogP contribution in [0.1, 0.15) is 18.1 Å². The summed E-state index contributed by atoms with van der Waals surface area (Å²) in [5.74, 6) is 0. The molecule has 0 fully saturated rings. The summed E-state index contributed by atoms with van der Waals surface area (Å²) in [6.45, 7) is 4.78. The molecular formula is C13H16BrN3. The predicted octanol–water partition coefficient (Wildman–Crippen LogP) is 2.80. The fourth-order valence-corrected chi connectivity index (χ4v) is 2.12. The van der Waals surface area contributed by atoms with Crippen LogP contribution in [-0.4, -0.2) is 16.3 Å². The highest BCUT2D eigenvalue weighted by Gasteiger charge is 1.99. The van der Waals surface area contributed by atoms with Gasteiger partial charge in [0, 0.05) is 22.8 Å². The van der Waals surface area contributed by atoms with Crippen molar-refractivity contribution in [1.29, 1.82) is 0 Å². The zero-order valence-electron chi connectivity index (χ0n) is 9.86. The highest BCUT2D eigenvalue weighted by Crippen LogP contribution is 2.12. The lowest BCUT2D eigenvalue weighted by Gasteiger charge is -2.02. The van der Waals surface area contributed by atoms with E-state index in [1.54, 1.807) is 0 Å². The molecule has 90 valence electrons. The molecule has 0 unspecified atom stereocenters. The molecule has 4 heteroatoms. The molecule has 2 rings (SSSR count). The molecule has 17 heavy (non-hydrogen) atoms. The van der Waals surface area contributed by atoms with Crippen LogP contribution in [0.3, 0.4) is 0 Å². The summed E-state index contributed by atoms with van der Waals surface area (Å²) in [6, 6.07) is 8.30. The maximum Gasteiger partial charge on any atom is 0.0659 e. The molecule has 0 amide bonds. The Bertz CT molecular complexity index is 479. The SMILES string of the molecule is CCNCc1cnn(Cc2cccc(Br)c2)c1. The third kappa shape index (κ3) is 3.68. The number of nitrogens with one attached hydrogen (secondary N) is 1. The summed E-state index contributed by atoms with van der Waals surface area (Å²) in [6.07, 6.45) is 4.00. The van der Waals surface area contributed by atoms with Gasteiger partial charge in [-0.15, -0.1) is 0 Å². The highest BCUT2D eigenvalue weighted by atomic mass is 79.9. The van der Waals surface area contributed by atoms with Crippen molar-refractivity contribution in [3.8, 4) is 0 Å². The molecule has 0 aliphatic carbocycles. The van der Waals surface area contributed by atoms with Gasteiger partial charge in [-0.2, -0.15) is 5.10 Å². The predicted molar refractivity (Wildman–Crippen MR) is 72.9 cm³/mol. The van der Waals surface area contributed by atoms with Crippen LogP contribution in [0, 0.1) is 0 Å². The summed E-state index contributed by atoms with van der Waals surface area (Å²) >= 11 is 3.48. The van der Waals surface area contributed by atoms with Crippen LogP contribution in [-0.2, 0) is 13.1 Å². The molecule has 1 aromatic heterocycles. The molecule has 1 heterocycles. The molecule has 1 aromatic carbocycles. The topological polar surface area (TPSA) is 29.9 Å². The van der Waals surface area contributed by atoms with Crippen molar-refractivity contribution in [2.45, 2.75) is 20.0 Å². The normalized spacial score (nSPS) is 10.7. The minimum absolute atomic E-state index is 0.811. The molecule has 0 aliphatic heterocycles. The Balaban J connectivity index is 2.01. The summed E-state index contributed by atoms with van der Waals surface area (Å²) in [5, 5.41) is 7.65. The van der Waals surface area contributed by atoms with E-state index in [1.165, 1.54) is 11.1 Å². The lowest BCUT2D eigenvalue weighted by Crippen LogP contribution is -2.11. The second-order valence-electron chi connectivity index (χ2n) is 3.96. The second kappa shape index (κ2) is 5.98. The molecule has 0 aliphatic rings. The van der Waals surface area contributed by atoms with E-state index in [2.05, 4.69) is 51.6 Å². The van der Waals surface area contributed by atoms with Crippen LogP contribution in [0.5, 0.6) is 0 Å². The van der Waals surface area contributed by atoms with Crippen molar-refractivity contribution in [2.24, 2.45) is 0 Å². The minimum atomic E-state index is 0.811. The molecule has 0 saturated carbocycles. The van der Waals surface area contributed by atoms with E-state index in [0.717, 1.165) is 24.1 Å². The first-order valence-corrected chi connectivity index (χ1v) is 6.53. The van der Waals surface area contributed by atoms with Crippen molar-refractivity contribution in [3.63, 3.8) is 0 Å². The van der Waals surface area contributed by atoms with E-state index >= 15 is 0 Å². The summed E-state index contributed by atoms with van der Waals surface area (Å²) < 4.78 is 3.07. The number of rotatable bonds is 5. The van der Waals surface area contributed by atoms with Gasteiger partial charge >= 0.3 is 0 Å². The fourth-order valence-electron chi connectivity index (χ4n) is 1.68. The molecule has 1 N–H and O–H groups in total. The largest absolute Gasteiger partial charge is 0.313 e. The quantitative estimate of drug-likeness (QED) is 0.919. The Kier molecular flexibility index (Phi) is 4.34. The second-order valence-corrected chi connectivity index (χ2v) is 4.87. The van der Waals surface area contributed by atoms with Crippen LogP contribution in [0.4, 0.5) is 0 Å². The zero-order valence-corrected chi connectivity index (χ0v) is 11.4. The average Bonchev–Trinajstić information content (AvgIpc) is 2.74. The Morgan fingerprint density at radius 3 is 3.00 bits per heavy atom. The average molecular weight is 294 g/mol. The zero-order chi connectivity index (χ0) is 12.1. The van der Waals surface area contributed by atoms with Crippen molar-refractivity contribution in [1.82, 2.24) is 15.1 Å². The Hall–Kier alpha value is -1.13. The van der Waals surface area contributed by atoms with Gasteiger partial charge in [-0.25, -0.2) is 0 Å².